The number of thiazole rings is 1. The van der Waals surface area contributed by atoms with E-state index < -0.39 is 0 Å². The molecular weight excluding hydrogens is 346 g/mol. The van der Waals surface area contributed by atoms with E-state index in [9.17, 15) is 0 Å². The van der Waals surface area contributed by atoms with Crippen molar-refractivity contribution in [3.8, 4) is 17.0 Å². The molecule has 2 heterocycles. The normalized spacial score (nSPS) is 12.2. The Balaban J connectivity index is 1.87. The highest BCUT2D eigenvalue weighted by atomic mass is 32.1. The van der Waals surface area contributed by atoms with Gasteiger partial charge in [-0.15, -0.1) is 11.3 Å². The van der Waals surface area contributed by atoms with E-state index >= 15 is 0 Å². The molecule has 1 N–H and O–H groups in total. The number of para-hydroxylation sites is 2. The number of methoxy groups -OCH3 is 2. The van der Waals surface area contributed by atoms with Crippen LogP contribution in [-0.2, 0) is 4.74 Å². The van der Waals surface area contributed by atoms with Gasteiger partial charge in [0.1, 0.15) is 5.75 Å². The molecule has 3 rings (SSSR count). The van der Waals surface area contributed by atoms with Crippen molar-refractivity contribution in [2.24, 2.45) is 0 Å². The monoisotopic (exact) mass is 371 g/mol. The predicted octanol–water partition coefficient (Wildman–Crippen LogP) is 5.19. The predicted molar refractivity (Wildman–Crippen MR) is 108 cm³/mol. The van der Waals surface area contributed by atoms with Crippen molar-refractivity contribution in [3.63, 3.8) is 0 Å². The molecule has 0 saturated carbocycles. The number of benzene rings is 1. The van der Waals surface area contributed by atoms with Gasteiger partial charge in [0.2, 0.25) is 0 Å². The van der Waals surface area contributed by atoms with E-state index in [0.717, 1.165) is 27.8 Å². The third-order valence-corrected chi connectivity index (χ3v) is 5.22. The van der Waals surface area contributed by atoms with Crippen molar-refractivity contribution in [2.75, 3.05) is 26.1 Å². The number of aromatic nitrogens is 2. The van der Waals surface area contributed by atoms with E-state index in [-0.39, 0.29) is 0 Å². The van der Waals surface area contributed by atoms with Gasteiger partial charge in [-0.2, -0.15) is 0 Å². The van der Waals surface area contributed by atoms with Gasteiger partial charge in [-0.3, -0.25) is 0 Å². The lowest BCUT2D eigenvalue weighted by atomic mass is 10.2. The third-order valence-electron chi connectivity index (χ3n) is 4.46. The summed E-state index contributed by atoms with van der Waals surface area (Å²) < 4.78 is 13.0. The van der Waals surface area contributed by atoms with Crippen LogP contribution in [0, 0.1) is 13.8 Å². The molecule has 0 amide bonds. The molecule has 1 atom stereocenters. The minimum atomic E-state index is 0.290. The van der Waals surface area contributed by atoms with E-state index in [0.29, 0.717) is 12.6 Å². The summed E-state index contributed by atoms with van der Waals surface area (Å²) in [6, 6.07) is 10.3. The zero-order valence-electron chi connectivity index (χ0n) is 15.9. The molecule has 0 unspecified atom stereocenters. The van der Waals surface area contributed by atoms with Crippen LogP contribution in [0.4, 0.5) is 10.8 Å². The second-order valence-electron chi connectivity index (χ2n) is 6.32. The standard InChI is InChI=1S/C20H25N3O2S/c1-13-10-16(15(3)23(13)14(2)11-24-4)18-12-26-20(22-18)21-17-8-6-7-9-19(17)25-5/h6-10,12,14H,11H2,1-5H3,(H,21,22)/t14-/m0/s1. The maximum absolute atomic E-state index is 5.40. The average Bonchev–Trinajstić information content (AvgIpc) is 3.19. The molecule has 6 heteroatoms. The highest BCUT2D eigenvalue weighted by Gasteiger charge is 2.17. The first kappa shape index (κ1) is 18.5. The molecule has 0 bridgehead atoms. The molecule has 0 radical (unpaired) electrons. The molecule has 1 aromatic carbocycles. The zero-order valence-corrected chi connectivity index (χ0v) is 16.7. The molecule has 0 fully saturated rings. The molecule has 26 heavy (non-hydrogen) atoms. The van der Waals surface area contributed by atoms with Gasteiger partial charge in [-0.05, 0) is 39.0 Å². The van der Waals surface area contributed by atoms with E-state index in [1.54, 1.807) is 25.6 Å². The highest BCUT2D eigenvalue weighted by Crippen LogP contribution is 2.34. The second kappa shape index (κ2) is 7.93. The number of anilines is 2. The largest absolute Gasteiger partial charge is 0.495 e. The number of ether oxygens (including phenoxy) is 2. The van der Waals surface area contributed by atoms with Crippen LogP contribution in [0.25, 0.3) is 11.3 Å². The fourth-order valence-corrected chi connectivity index (χ4v) is 4.07. The minimum Gasteiger partial charge on any atom is -0.495 e. The SMILES string of the molecule is COC[C@H](C)n1c(C)cc(-c2csc(Nc3ccccc3OC)n2)c1C. The summed E-state index contributed by atoms with van der Waals surface area (Å²) >= 11 is 1.59. The molecule has 0 aliphatic heterocycles. The number of rotatable bonds is 7. The van der Waals surface area contributed by atoms with Crippen LogP contribution in [0.1, 0.15) is 24.4 Å². The molecule has 3 aromatic rings. The Kier molecular flexibility index (Phi) is 5.64. The van der Waals surface area contributed by atoms with Crippen molar-refractivity contribution in [2.45, 2.75) is 26.8 Å². The molecule has 0 spiro atoms. The van der Waals surface area contributed by atoms with Gasteiger partial charge in [-0.1, -0.05) is 12.1 Å². The average molecular weight is 372 g/mol. The van der Waals surface area contributed by atoms with E-state index in [2.05, 4.69) is 42.1 Å². The van der Waals surface area contributed by atoms with Crippen molar-refractivity contribution in [3.05, 3.63) is 47.1 Å². The van der Waals surface area contributed by atoms with Crippen LogP contribution >= 0.6 is 11.3 Å². The van der Waals surface area contributed by atoms with E-state index in [1.807, 2.05) is 24.3 Å². The Morgan fingerprint density at radius 2 is 2.00 bits per heavy atom. The fraction of sp³-hybridized carbons (Fsp3) is 0.350. The summed E-state index contributed by atoms with van der Waals surface area (Å²) in [5, 5.41) is 6.29. The van der Waals surface area contributed by atoms with Crippen molar-refractivity contribution >= 4 is 22.2 Å². The number of aryl methyl sites for hydroxylation is 1. The van der Waals surface area contributed by atoms with Gasteiger partial charge in [0.05, 0.1) is 31.1 Å². The van der Waals surface area contributed by atoms with E-state index in [4.69, 9.17) is 14.5 Å². The Bertz CT molecular complexity index is 885. The summed E-state index contributed by atoms with van der Waals surface area (Å²) in [6.07, 6.45) is 0. The van der Waals surface area contributed by atoms with Crippen molar-refractivity contribution in [1.82, 2.24) is 9.55 Å². The number of hydrogen-bond acceptors (Lipinski definition) is 5. The summed E-state index contributed by atoms with van der Waals surface area (Å²) in [4.78, 5) is 4.78. The van der Waals surface area contributed by atoms with Gasteiger partial charge < -0.3 is 19.4 Å². The van der Waals surface area contributed by atoms with Crippen LogP contribution in [0.2, 0.25) is 0 Å². The Morgan fingerprint density at radius 3 is 2.73 bits per heavy atom. The lowest BCUT2D eigenvalue weighted by molar-refractivity contribution is 0.161. The summed E-state index contributed by atoms with van der Waals surface area (Å²) in [5.74, 6) is 0.802. The number of nitrogens with one attached hydrogen (secondary N) is 1. The zero-order chi connectivity index (χ0) is 18.7. The van der Waals surface area contributed by atoms with Crippen LogP contribution < -0.4 is 10.1 Å². The first-order valence-electron chi connectivity index (χ1n) is 8.58. The minimum absolute atomic E-state index is 0.290. The Hall–Kier alpha value is -2.31. The quantitative estimate of drug-likeness (QED) is 0.621. The molecule has 0 saturated heterocycles. The van der Waals surface area contributed by atoms with Crippen molar-refractivity contribution < 1.29 is 9.47 Å². The lowest BCUT2D eigenvalue weighted by Crippen LogP contribution is -2.13. The molecule has 0 aliphatic carbocycles. The number of hydrogen-bond donors (Lipinski definition) is 1. The van der Waals surface area contributed by atoms with Crippen molar-refractivity contribution in [1.29, 1.82) is 0 Å². The highest BCUT2D eigenvalue weighted by molar-refractivity contribution is 7.14. The first-order valence-corrected chi connectivity index (χ1v) is 9.46. The van der Waals surface area contributed by atoms with Gasteiger partial charge in [0.15, 0.2) is 5.13 Å². The number of nitrogens with zero attached hydrogens (tertiary/aromatic N) is 2. The fourth-order valence-electron chi connectivity index (χ4n) is 3.35. The van der Waals surface area contributed by atoms with Gasteiger partial charge >= 0.3 is 0 Å². The molecule has 0 aliphatic rings. The van der Waals surface area contributed by atoms with Crippen LogP contribution in [0.3, 0.4) is 0 Å². The molecule has 138 valence electrons. The Labute approximate surface area is 158 Å². The summed E-state index contributed by atoms with van der Waals surface area (Å²) in [7, 11) is 3.41. The summed E-state index contributed by atoms with van der Waals surface area (Å²) in [5.41, 5.74) is 5.48. The van der Waals surface area contributed by atoms with E-state index in [1.165, 1.54) is 11.4 Å². The first-order chi connectivity index (χ1) is 12.5. The molecular formula is C20H25N3O2S. The lowest BCUT2D eigenvalue weighted by Gasteiger charge is -2.17. The second-order valence-corrected chi connectivity index (χ2v) is 7.18. The summed E-state index contributed by atoms with van der Waals surface area (Å²) in [6.45, 7) is 7.13. The maximum Gasteiger partial charge on any atom is 0.187 e. The van der Waals surface area contributed by atoms with Gasteiger partial charge in [0, 0.05) is 29.4 Å². The third kappa shape index (κ3) is 3.61. The van der Waals surface area contributed by atoms with Crippen LogP contribution in [0.15, 0.2) is 35.7 Å². The smallest absolute Gasteiger partial charge is 0.187 e. The maximum atomic E-state index is 5.40. The van der Waals surface area contributed by atoms with Crippen LogP contribution in [0.5, 0.6) is 5.75 Å². The topological polar surface area (TPSA) is 48.3 Å². The van der Waals surface area contributed by atoms with Gasteiger partial charge in [0.25, 0.3) is 0 Å². The molecule has 5 nitrogen and oxygen atoms in total. The van der Waals surface area contributed by atoms with Gasteiger partial charge in [-0.25, -0.2) is 4.98 Å². The van der Waals surface area contributed by atoms with Crippen LogP contribution in [-0.4, -0.2) is 30.4 Å². The molecule has 2 aromatic heterocycles. The Morgan fingerprint density at radius 1 is 1.23 bits per heavy atom.